The maximum atomic E-state index is 12.1. The van der Waals surface area contributed by atoms with Crippen LogP contribution in [0.25, 0.3) is 10.9 Å². The molecule has 22 heavy (non-hydrogen) atoms. The van der Waals surface area contributed by atoms with Gasteiger partial charge in [0.2, 0.25) is 5.13 Å². The van der Waals surface area contributed by atoms with Gasteiger partial charge in [0.25, 0.3) is 5.91 Å². The van der Waals surface area contributed by atoms with Crippen LogP contribution in [0.5, 0.6) is 0 Å². The van der Waals surface area contributed by atoms with Gasteiger partial charge in [0.1, 0.15) is 11.2 Å². The van der Waals surface area contributed by atoms with Gasteiger partial charge >= 0.3 is 5.97 Å². The van der Waals surface area contributed by atoms with Crippen LogP contribution in [0.1, 0.15) is 27.8 Å². The Morgan fingerprint density at radius 1 is 1.36 bits per heavy atom. The number of nitrogens with one attached hydrogen (secondary N) is 2. The summed E-state index contributed by atoms with van der Waals surface area (Å²) in [4.78, 5) is 26.8. The predicted molar refractivity (Wildman–Crippen MR) is 82.1 cm³/mol. The third-order valence-electron chi connectivity index (χ3n) is 2.96. The van der Waals surface area contributed by atoms with Crippen molar-refractivity contribution in [2.45, 2.75) is 6.92 Å². The molecule has 0 saturated heterocycles. The van der Waals surface area contributed by atoms with E-state index in [-0.39, 0.29) is 5.91 Å². The highest BCUT2D eigenvalue weighted by atomic mass is 32.1. The molecule has 112 valence electrons. The molecule has 2 N–H and O–H groups in total. The van der Waals surface area contributed by atoms with Crippen molar-refractivity contribution in [3.05, 3.63) is 41.0 Å². The first-order valence-corrected chi connectivity index (χ1v) is 7.42. The molecule has 0 bridgehead atoms. The minimum absolute atomic E-state index is 0.280. The van der Waals surface area contributed by atoms with E-state index in [4.69, 9.17) is 4.74 Å². The molecule has 0 atom stereocenters. The minimum atomic E-state index is -0.418. The first kappa shape index (κ1) is 14.2. The van der Waals surface area contributed by atoms with Crippen molar-refractivity contribution < 1.29 is 14.3 Å². The van der Waals surface area contributed by atoms with E-state index in [2.05, 4.69) is 20.5 Å². The quantitative estimate of drug-likeness (QED) is 0.721. The summed E-state index contributed by atoms with van der Waals surface area (Å²) >= 11 is 1.24. The fourth-order valence-electron chi connectivity index (χ4n) is 1.99. The summed E-state index contributed by atoms with van der Waals surface area (Å²) in [6, 6.07) is 6.77. The maximum Gasteiger partial charge on any atom is 0.354 e. The van der Waals surface area contributed by atoms with E-state index < -0.39 is 5.97 Å². The van der Waals surface area contributed by atoms with Crippen LogP contribution < -0.4 is 5.32 Å². The lowest BCUT2D eigenvalue weighted by Crippen LogP contribution is -2.11. The summed E-state index contributed by atoms with van der Waals surface area (Å²) in [7, 11) is 0. The van der Waals surface area contributed by atoms with Crippen molar-refractivity contribution in [1.29, 1.82) is 0 Å². The molecule has 0 fully saturated rings. The fourth-order valence-corrected chi connectivity index (χ4v) is 2.43. The van der Waals surface area contributed by atoms with E-state index in [0.29, 0.717) is 23.0 Å². The van der Waals surface area contributed by atoms with Crippen molar-refractivity contribution in [2.24, 2.45) is 0 Å². The molecule has 3 aromatic rings. The first-order valence-electron chi connectivity index (χ1n) is 6.55. The molecule has 0 spiro atoms. The van der Waals surface area contributed by atoms with Crippen LogP contribution in [0.2, 0.25) is 0 Å². The molecule has 0 saturated carbocycles. The third-order valence-corrected chi connectivity index (χ3v) is 3.57. The number of carbonyl (C=O) groups excluding carboxylic acids is 2. The van der Waals surface area contributed by atoms with Gasteiger partial charge in [-0.15, -0.1) is 10.2 Å². The molecule has 7 nitrogen and oxygen atoms in total. The number of benzene rings is 1. The number of amides is 1. The Morgan fingerprint density at radius 2 is 2.23 bits per heavy atom. The van der Waals surface area contributed by atoms with Gasteiger partial charge in [0, 0.05) is 16.5 Å². The van der Waals surface area contributed by atoms with Crippen LogP contribution in [-0.4, -0.2) is 33.7 Å². The normalized spacial score (nSPS) is 10.6. The first-order chi connectivity index (χ1) is 10.7. The second kappa shape index (κ2) is 5.94. The van der Waals surface area contributed by atoms with Gasteiger partial charge in [-0.2, -0.15) is 0 Å². The maximum absolute atomic E-state index is 12.1. The number of fused-ring (bicyclic) bond motifs is 1. The summed E-state index contributed by atoms with van der Waals surface area (Å²) in [5.41, 5.74) is 3.13. The zero-order valence-corrected chi connectivity index (χ0v) is 12.4. The summed E-state index contributed by atoms with van der Waals surface area (Å²) in [5, 5.41) is 11.3. The number of rotatable bonds is 4. The lowest BCUT2D eigenvalue weighted by atomic mass is 10.1. The van der Waals surface area contributed by atoms with Crippen molar-refractivity contribution in [3.63, 3.8) is 0 Å². The highest BCUT2D eigenvalue weighted by Crippen LogP contribution is 2.19. The van der Waals surface area contributed by atoms with Crippen LogP contribution in [0.3, 0.4) is 0 Å². The summed E-state index contributed by atoms with van der Waals surface area (Å²) in [6.45, 7) is 2.06. The van der Waals surface area contributed by atoms with Crippen LogP contribution in [-0.2, 0) is 4.74 Å². The minimum Gasteiger partial charge on any atom is -0.461 e. The Morgan fingerprint density at radius 3 is 2.95 bits per heavy atom. The SMILES string of the molecule is CCOC(=O)c1cc2cc(C(=O)Nc3nncs3)ccc2[nH]1. The average molecular weight is 316 g/mol. The Hall–Kier alpha value is -2.74. The largest absolute Gasteiger partial charge is 0.461 e. The Kier molecular flexibility index (Phi) is 3.84. The van der Waals surface area contributed by atoms with Crippen molar-refractivity contribution in [3.8, 4) is 0 Å². The predicted octanol–water partition coefficient (Wildman–Crippen LogP) is 2.45. The zero-order valence-electron chi connectivity index (χ0n) is 11.6. The molecular weight excluding hydrogens is 304 g/mol. The summed E-state index contributed by atoms with van der Waals surface area (Å²) < 4.78 is 4.94. The Bertz CT molecular complexity index is 826. The van der Waals surface area contributed by atoms with Gasteiger partial charge in [-0.25, -0.2) is 4.79 Å². The molecule has 2 heterocycles. The van der Waals surface area contributed by atoms with Crippen LogP contribution >= 0.6 is 11.3 Å². The molecule has 0 radical (unpaired) electrons. The van der Waals surface area contributed by atoms with E-state index in [0.717, 1.165) is 10.9 Å². The highest BCUT2D eigenvalue weighted by Gasteiger charge is 2.13. The lowest BCUT2D eigenvalue weighted by Gasteiger charge is -2.01. The fraction of sp³-hybridized carbons (Fsp3) is 0.143. The third kappa shape index (κ3) is 2.82. The van der Waals surface area contributed by atoms with Gasteiger partial charge in [-0.3, -0.25) is 10.1 Å². The zero-order chi connectivity index (χ0) is 15.5. The molecule has 0 unspecified atom stereocenters. The number of aromatic amines is 1. The Labute approximate surface area is 129 Å². The van der Waals surface area contributed by atoms with Crippen LogP contribution in [0.4, 0.5) is 5.13 Å². The van der Waals surface area contributed by atoms with Gasteiger partial charge in [0.15, 0.2) is 0 Å². The lowest BCUT2D eigenvalue weighted by molar-refractivity contribution is 0.0520. The van der Waals surface area contributed by atoms with Gasteiger partial charge in [-0.1, -0.05) is 11.3 Å². The average Bonchev–Trinajstić information content (AvgIpc) is 3.15. The Balaban J connectivity index is 1.86. The number of H-pyrrole nitrogens is 1. The smallest absolute Gasteiger partial charge is 0.354 e. The monoisotopic (exact) mass is 316 g/mol. The molecular formula is C14H12N4O3S. The van der Waals surface area contributed by atoms with E-state index in [9.17, 15) is 9.59 Å². The molecule has 0 aliphatic heterocycles. The van der Waals surface area contributed by atoms with Crippen molar-refractivity contribution in [2.75, 3.05) is 11.9 Å². The number of aromatic nitrogens is 3. The van der Waals surface area contributed by atoms with Gasteiger partial charge in [0.05, 0.1) is 6.61 Å². The molecule has 0 aliphatic rings. The molecule has 2 aromatic heterocycles. The topological polar surface area (TPSA) is 97.0 Å². The van der Waals surface area contributed by atoms with Gasteiger partial charge < -0.3 is 9.72 Å². The number of anilines is 1. The summed E-state index contributed by atoms with van der Waals surface area (Å²) in [6.07, 6.45) is 0. The van der Waals surface area contributed by atoms with Gasteiger partial charge in [-0.05, 0) is 31.2 Å². The van der Waals surface area contributed by atoms with E-state index in [1.165, 1.54) is 16.8 Å². The number of esters is 1. The second-order valence-electron chi connectivity index (χ2n) is 4.40. The molecule has 1 amide bonds. The molecule has 3 rings (SSSR count). The molecule has 0 aliphatic carbocycles. The van der Waals surface area contributed by atoms with E-state index in [1.807, 2.05) is 0 Å². The second-order valence-corrected chi connectivity index (χ2v) is 5.24. The standard InChI is InChI=1S/C14H12N4O3S/c1-2-21-13(20)11-6-9-5-8(3-4-10(9)16-11)12(19)17-14-18-15-7-22-14/h3-7,16H,2H2,1H3,(H,17,18,19). The van der Waals surface area contributed by atoms with Crippen LogP contribution in [0.15, 0.2) is 29.8 Å². The van der Waals surface area contributed by atoms with Crippen molar-refractivity contribution in [1.82, 2.24) is 15.2 Å². The molecule has 8 heteroatoms. The van der Waals surface area contributed by atoms with E-state index in [1.54, 1.807) is 31.2 Å². The summed E-state index contributed by atoms with van der Waals surface area (Å²) in [5.74, 6) is -0.698. The van der Waals surface area contributed by atoms with Crippen LogP contribution in [0, 0.1) is 0 Å². The van der Waals surface area contributed by atoms with Crippen molar-refractivity contribution >= 4 is 39.2 Å². The number of hydrogen-bond acceptors (Lipinski definition) is 6. The molecule has 1 aromatic carbocycles. The van der Waals surface area contributed by atoms with E-state index >= 15 is 0 Å². The number of nitrogens with zero attached hydrogens (tertiary/aromatic N) is 2. The number of carbonyl (C=O) groups is 2. The highest BCUT2D eigenvalue weighted by molar-refractivity contribution is 7.13. The number of ether oxygens (including phenoxy) is 1. The number of hydrogen-bond donors (Lipinski definition) is 2.